The van der Waals surface area contributed by atoms with Crippen LogP contribution in [0.5, 0.6) is 0 Å². The van der Waals surface area contributed by atoms with E-state index >= 15 is 0 Å². The Balaban J connectivity index is 1.34. The minimum atomic E-state index is 0.452. The Labute approximate surface area is 192 Å². The molecule has 3 aliphatic rings. The first-order valence-electron chi connectivity index (χ1n) is 11.9. The number of ether oxygens (including phenoxy) is 2. The lowest BCUT2D eigenvalue weighted by molar-refractivity contribution is 0.121. The molecule has 2 saturated heterocycles. The zero-order chi connectivity index (χ0) is 22.0. The third kappa shape index (κ3) is 4.45. The number of morpholine rings is 2. The molecule has 0 bridgehead atoms. The standard InChI is InChI=1S/C23H29N7O3/c1-2-4-17(3-1)24-23-25-18-15-16(5-6-19(18)33-23)20-26-21(29-7-11-31-12-8-29)28-22(27-20)30-9-13-32-14-10-30/h5-6,15,17H,1-4,7-14H2,(H,24,25). The van der Waals surface area contributed by atoms with Crippen LogP contribution in [-0.4, -0.2) is 78.6 Å². The first-order valence-corrected chi connectivity index (χ1v) is 11.9. The Morgan fingerprint density at radius 1 is 0.788 bits per heavy atom. The van der Waals surface area contributed by atoms with E-state index < -0.39 is 0 Å². The number of fused-ring (bicyclic) bond motifs is 1. The predicted octanol–water partition coefficient (Wildman–Crippen LogP) is 2.71. The first-order chi connectivity index (χ1) is 16.3. The minimum Gasteiger partial charge on any atom is -0.424 e. The number of rotatable bonds is 5. The van der Waals surface area contributed by atoms with Crippen molar-refractivity contribution in [3.8, 4) is 11.4 Å². The summed E-state index contributed by atoms with van der Waals surface area (Å²) in [5.41, 5.74) is 2.46. The molecule has 0 atom stereocenters. The van der Waals surface area contributed by atoms with Gasteiger partial charge >= 0.3 is 0 Å². The van der Waals surface area contributed by atoms with Crippen LogP contribution in [0.4, 0.5) is 17.9 Å². The van der Waals surface area contributed by atoms with Gasteiger partial charge in [-0.05, 0) is 31.0 Å². The Kier molecular flexibility index (Phi) is 5.69. The van der Waals surface area contributed by atoms with Crippen LogP contribution >= 0.6 is 0 Å². The molecular weight excluding hydrogens is 422 g/mol. The summed E-state index contributed by atoms with van der Waals surface area (Å²) in [4.78, 5) is 23.5. The number of anilines is 3. The highest BCUT2D eigenvalue weighted by atomic mass is 16.5. The molecule has 3 aromatic rings. The molecule has 0 amide bonds. The smallest absolute Gasteiger partial charge is 0.295 e. The molecular formula is C23H29N7O3. The first kappa shape index (κ1) is 20.6. The molecule has 1 N–H and O–H groups in total. The Hall–Kier alpha value is -2.98. The monoisotopic (exact) mass is 451 g/mol. The van der Waals surface area contributed by atoms with Gasteiger partial charge in [0.05, 0.1) is 26.4 Å². The average Bonchev–Trinajstić information content (AvgIpc) is 3.54. The number of benzene rings is 1. The second kappa shape index (κ2) is 9.11. The van der Waals surface area contributed by atoms with E-state index in [1.807, 2.05) is 18.2 Å². The van der Waals surface area contributed by atoms with Crippen LogP contribution in [0.2, 0.25) is 0 Å². The van der Waals surface area contributed by atoms with Crippen molar-refractivity contribution < 1.29 is 13.9 Å². The maximum absolute atomic E-state index is 5.94. The number of hydrogen-bond donors (Lipinski definition) is 1. The van der Waals surface area contributed by atoms with Gasteiger partial charge in [-0.1, -0.05) is 12.8 Å². The van der Waals surface area contributed by atoms with E-state index in [9.17, 15) is 0 Å². The van der Waals surface area contributed by atoms with Gasteiger partial charge in [0.1, 0.15) is 5.52 Å². The van der Waals surface area contributed by atoms with Crippen LogP contribution in [-0.2, 0) is 9.47 Å². The molecule has 1 aromatic carbocycles. The van der Waals surface area contributed by atoms with Crippen LogP contribution in [0.3, 0.4) is 0 Å². The van der Waals surface area contributed by atoms with Crippen LogP contribution < -0.4 is 15.1 Å². The fraction of sp³-hybridized carbons (Fsp3) is 0.565. The molecule has 1 saturated carbocycles. The van der Waals surface area contributed by atoms with Crippen molar-refractivity contribution >= 4 is 29.0 Å². The topological polar surface area (TPSA) is 102 Å². The van der Waals surface area contributed by atoms with Gasteiger partial charge in [-0.2, -0.15) is 19.9 Å². The van der Waals surface area contributed by atoms with Crippen molar-refractivity contribution in [2.24, 2.45) is 0 Å². The van der Waals surface area contributed by atoms with E-state index in [1.54, 1.807) is 0 Å². The van der Waals surface area contributed by atoms with Crippen LogP contribution in [0.25, 0.3) is 22.5 Å². The largest absolute Gasteiger partial charge is 0.424 e. The van der Waals surface area contributed by atoms with Gasteiger partial charge in [0.15, 0.2) is 11.4 Å². The number of nitrogens with one attached hydrogen (secondary N) is 1. The zero-order valence-electron chi connectivity index (χ0n) is 18.7. The highest BCUT2D eigenvalue weighted by Crippen LogP contribution is 2.29. The Morgan fingerprint density at radius 3 is 2.06 bits per heavy atom. The third-order valence-corrected chi connectivity index (χ3v) is 6.53. The van der Waals surface area contributed by atoms with Crippen molar-refractivity contribution in [1.29, 1.82) is 0 Å². The van der Waals surface area contributed by atoms with Crippen LogP contribution in [0.15, 0.2) is 22.6 Å². The molecule has 6 rings (SSSR count). The molecule has 10 nitrogen and oxygen atoms in total. The summed E-state index contributed by atoms with van der Waals surface area (Å²) in [5.74, 6) is 2.02. The Bertz CT molecular complexity index is 1070. The van der Waals surface area contributed by atoms with Crippen molar-refractivity contribution in [3.05, 3.63) is 18.2 Å². The summed E-state index contributed by atoms with van der Waals surface area (Å²) in [6.07, 6.45) is 4.86. The van der Waals surface area contributed by atoms with E-state index in [0.29, 0.717) is 56.2 Å². The lowest BCUT2D eigenvalue weighted by atomic mass is 10.2. The third-order valence-electron chi connectivity index (χ3n) is 6.53. The number of oxazole rings is 1. The van der Waals surface area contributed by atoms with E-state index in [0.717, 1.165) is 42.8 Å². The lowest BCUT2D eigenvalue weighted by Crippen LogP contribution is -2.40. The average molecular weight is 452 g/mol. The van der Waals surface area contributed by atoms with Crippen LogP contribution in [0.1, 0.15) is 25.7 Å². The minimum absolute atomic E-state index is 0.452. The van der Waals surface area contributed by atoms with Gasteiger partial charge in [0, 0.05) is 37.8 Å². The molecule has 0 radical (unpaired) electrons. The van der Waals surface area contributed by atoms with E-state index in [-0.39, 0.29) is 0 Å². The molecule has 1 aliphatic carbocycles. The molecule has 0 unspecified atom stereocenters. The Morgan fingerprint density at radius 2 is 1.42 bits per heavy atom. The molecule has 2 aromatic heterocycles. The fourth-order valence-electron chi connectivity index (χ4n) is 4.67. The summed E-state index contributed by atoms with van der Waals surface area (Å²) in [5, 5.41) is 3.44. The van der Waals surface area contributed by atoms with E-state index in [2.05, 4.69) is 20.1 Å². The fourth-order valence-corrected chi connectivity index (χ4v) is 4.67. The molecule has 33 heavy (non-hydrogen) atoms. The van der Waals surface area contributed by atoms with E-state index in [1.165, 1.54) is 25.7 Å². The SMILES string of the molecule is c1cc2oc(NC3CCCC3)nc2cc1-c1nc(N2CCOCC2)nc(N2CCOCC2)n1. The lowest BCUT2D eigenvalue weighted by Gasteiger charge is -2.30. The van der Waals surface area contributed by atoms with Gasteiger partial charge in [0.2, 0.25) is 11.9 Å². The summed E-state index contributed by atoms with van der Waals surface area (Å²) >= 11 is 0. The van der Waals surface area contributed by atoms with Gasteiger partial charge in [-0.15, -0.1) is 0 Å². The summed E-state index contributed by atoms with van der Waals surface area (Å²) in [7, 11) is 0. The number of aromatic nitrogens is 4. The van der Waals surface area contributed by atoms with Crippen molar-refractivity contribution in [2.45, 2.75) is 31.7 Å². The zero-order valence-corrected chi connectivity index (χ0v) is 18.7. The number of nitrogens with zero attached hydrogens (tertiary/aromatic N) is 6. The maximum Gasteiger partial charge on any atom is 0.295 e. The highest BCUT2D eigenvalue weighted by Gasteiger charge is 2.22. The molecule has 3 fully saturated rings. The normalized spacial score (nSPS) is 20.0. The van der Waals surface area contributed by atoms with Gasteiger partial charge in [0.25, 0.3) is 6.01 Å². The van der Waals surface area contributed by atoms with Gasteiger partial charge in [-0.3, -0.25) is 0 Å². The summed E-state index contributed by atoms with van der Waals surface area (Å²) in [6.45, 7) is 5.78. The van der Waals surface area contributed by atoms with Crippen molar-refractivity contribution in [2.75, 3.05) is 67.7 Å². The molecule has 2 aliphatic heterocycles. The molecule has 0 spiro atoms. The van der Waals surface area contributed by atoms with Gasteiger partial charge in [-0.25, -0.2) is 0 Å². The second-order valence-corrected chi connectivity index (χ2v) is 8.79. The molecule has 174 valence electrons. The van der Waals surface area contributed by atoms with Crippen molar-refractivity contribution in [3.63, 3.8) is 0 Å². The molecule has 10 heteroatoms. The quantitative estimate of drug-likeness (QED) is 0.623. The van der Waals surface area contributed by atoms with E-state index in [4.69, 9.17) is 28.8 Å². The van der Waals surface area contributed by atoms with Gasteiger partial charge < -0.3 is 29.0 Å². The van der Waals surface area contributed by atoms with Crippen LogP contribution in [0, 0.1) is 0 Å². The summed E-state index contributed by atoms with van der Waals surface area (Å²) < 4.78 is 17.0. The maximum atomic E-state index is 5.94. The highest BCUT2D eigenvalue weighted by molar-refractivity contribution is 5.80. The number of hydrogen-bond acceptors (Lipinski definition) is 10. The molecule has 4 heterocycles. The summed E-state index contributed by atoms with van der Waals surface area (Å²) in [6, 6.07) is 6.99. The van der Waals surface area contributed by atoms with Crippen molar-refractivity contribution in [1.82, 2.24) is 19.9 Å². The predicted molar refractivity (Wildman–Crippen MR) is 125 cm³/mol. The second-order valence-electron chi connectivity index (χ2n) is 8.79.